The summed E-state index contributed by atoms with van der Waals surface area (Å²) in [5.41, 5.74) is -0.111. The summed E-state index contributed by atoms with van der Waals surface area (Å²) in [6, 6.07) is 10.3. The average molecular weight is 1000 g/mol. The first-order chi connectivity index (χ1) is 32.8. The van der Waals surface area contributed by atoms with Crippen molar-refractivity contribution in [2.45, 2.75) is 216 Å². The van der Waals surface area contributed by atoms with E-state index in [9.17, 15) is 44.1 Å². The van der Waals surface area contributed by atoms with Gasteiger partial charge in [0.1, 0.15) is 17.2 Å². The Balaban J connectivity index is 1.87. The second kappa shape index (κ2) is 21.5. The number of carbonyl (C=O) groups excluding carboxylic acids is 3. The Morgan fingerprint density at radius 2 is 0.583 bits per heavy atom. The maximum absolute atomic E-state index is 14.6. The van der Waals surface area contributed by atoms with Gasteiger partial charge in [0.25, 0.3) is 0 Å². The number of nitrogens with zero attached hydrogens (tertiary/aromatic N) is 3. The van der Waals surface area contributed by atoms with E-state index in [0.29, 0.717) is 63.8 Å². The van der Waals surface area contributed by atoms with Gasteiger partial charge in [-0.1, -0.05) is 140 Å². The first-order valence-electron chi connectivity index (χ1n) is 25.1. The molecule has 0 radical (unpaired) electrons. The monoisotopic (exact) mass is 1000 g/mol. The van der Waals surface area contributed by atoms with Crippen LogP contribution in [0, 0.1) is 0 Å². The van der Waals surface area contributed by atoms with Crippen molar-refractivity contribution >= 4 is 17.9 Å². The Hall–Kier alpha value is -6.12. The highest BCUT2D eigenvalue weighted by Gasteiger charge is 2.34. The number of phenols is 3. The number of benzene rings is 3. The summed E-state index contributed by atoms with van der Waals surface area (Å²) in [4.78, 5) is 86.1. The van der Waals surface area contributed by atoms with Crippen molar-refractivity contribution in [3.05, 3.63) is 118 Å². The molecule has 3 N–H and O–H groups in total. The molecule has 0 aliphatic carbocycles. The number of carbonyl (C=O) groups is 3. The molecule has 15 nitrogen and oxygen atoms in total. The van der Waals surface area contributed by atoms with Gasteiger partial charge in [-0.3, -0.25) is 14.4 Å². The molecule has 3 aromatic carbocycles. The standard InChI is InChI=1S/C57H81N3O12/c1-28(2)40-22-37(25-43(46(40)61)55(13,14)15)31(7)49(64)70-34(10)58-52(67)59(35(11)71-50(65)32(8)38-23-41(29(3)4)47(62)44(26-38)56(16,17)18)54(69)60(53(58)68)36(12)72-51(66)33(9)39-24-42(30(5)6)48(63)45(27-39)57(19,20)21/h22-36,61-63H,1-21H3. The Morgan fingerprint density at radius 3 is 0.750 bits per heavy atom. The van der Waals surface area contributed by atoms with Crippen molar-refractivity contribution in [1.29, 1.82) is 0 Å². The van der Waals surface area contributed by atoms with Crippen LogP contribution in [0.5, 0.6) is 17.2 Å². The second-order valence-corrected chi connectivity index (χ2v) is 23.5. The summed E-state index contributed by atoms with van der Waals surface area (Å²) >= 11 is 0. The Kier molecular flexibility index (Phi) is 17.5. The molecule has 0 spiro atoms. The molecule has 0 bridgehead atoms. The fraction of sp³-hybridized carbons (Fsp3) is 0.579. The summed E-state index contributed by atoms with van der Waals surface area (Å²) in [5.74, 6) is -5.39. The molecule has 1 heterocycles. The molecule has 6 atom stereocenters. The van der Waals surface area contributed by atoms with Crippen LogP contribution in [0.1, 0.15) is 250 Å². The van der Waals surface area contributed by atoms with Crippen LogP contribution in [0.2, 0.25) is 0 Å². The Labute approximate surface area is 425 Å². The normalized spacial score (nSPS) is 15.0. The Bertz CT molecular complexity index is 2540. The first kappa shape index (κ1) is 58.5. The van der Waals surface area contributed by atoms with Crippen LogP contribution >= 0.6 is 0 Å². The van der Waals surface area contributed by atoms with Gasteiger partial charge in [-0.15, -0.1) is 0 Å². The van der Waals surface area contributed by atoms with Gasteiger partial charge < -0.3 is 29.5 Å². The maximum atomic E-state index is 14.6. The third kappa shape index (κ3) is 12.2. The number of esters is 3. The van der Waals surface area contributed by atoms with Crippen molar-refractivity contribution in [2.75, 3.05) is 0 Å². The number of ether oxygens (including phenoxy) is 3. The van der Waals surface area contributed by atoms with Gasteiger partial charge in [0.15, 0.2) is 18.7 Å². The van der Waals surface area contributed by atoms with Crippen molar-refractivity contribution < 1.29 is 43.9 Å². The number of aromatic hydroxyl groups is 3. The van der Waals surface area contributed by atoms with Gasteiger partial charge in [-0.05, 0) is 126 Å². The lowest BCUT2D eigenvalue weighted by atomic mass is 9.81. The zero-order valence-corrected chi connectivity index (χ0v) is 46.5. The number of rotatable bonds is 15. The van der Waals surface area contributed by atoms with Crippen LogP contribution in [0.4, 0.5) is 0 Å². The largest absolute Gasteiger partial charge is 0.507 e. The minimum atomic E-state index is -1.67. The highest BCUT2D eigenvalue weighted by atomic mass is 16.6. The molecule has 72 heavy (non-hydrogen) atoms. The lowest BCUT2D eigenvalue weighted by Gasteiger charge is -2.27. The zero-order valence-electron chi connectivity index (χ0n) is 46.5. The highest BCUT2D eigenvalue weighted by Crippen LogP contribution is 2.42. The van der Waals surface area contributed by atoms with Crippen molar-refractivity contribution in [1.82, 2.24) is 13.7 Å². The predicted octanol–water partition coefficient (Wildman–Crippen LogP) is 11.1. The molecule has 0 amide bonds. The summed E-state index contributed by atoms with van der Waals surface area (Å²) in [6.45, 7) is 37.5. The van der Waals surface area contributed by atoms with Gasteiger partial charge in [0.2, 0.25) is 0 Å². The van der Waals surface area contributed by atoms with Crippen LogP contribution in [0.15, 0.2) is 50.8 Å². The van der Waals surface area contributed by atoms with E-state index in [4.69, 9.17) is 14.2 Å². The third-order valence-corrected chi connectivity index (χ3v) is 13.5. The van der Waals surface area contributed by atoms with Gasteiger partial charge in [-0.25, -0.2) is 28.1 Å². The van der Waals surface area contributed by atoms with E-state index in [1.54, 1.807) is 57.2 Å². The van der Waals surface area contributed by atoms with Gasteiger partial charge >= 0.3 is 35.0 Å². The number of hydrogen-bond acceptors (Lipinski definition) is 12. The van der Waals surface area contributed by atoms with Crippen molar-refractivity contribution in [3.63, 3.8) is 0 Å². The molecule has 0 aliphatic heterocycles. The van der Waals surface area contributed by atoms with Crippen LogP contribution in [0.25, 0.3) is 0 Å². The summed E-state index contributed by atoms with van der Waals surface area (Å²) in [7, 11) is 0. The fourth-order valence-corrected chi connectivity index (χ4v) is 8.73. The van der Waals surface area contributed by atoms with Gasteiger partial charge in [-0.2, -0.15) is 0 Å². The molecule has 396 valence electrons. The van der Waals surface area contributed by atoms with E-state index in [0.717, 1.165) is 0 Å². The molecular formula is C57H81N3O12. The van der Waals surface area contributed by atoms with Crippen LogP contribution < -0.4 is 17.1 Å². The fourth-order valence-electron chi connectivity index (χ4n) is 8.73. The summed E-state index contributed by atoms with van der Waals surface area (Å²) < 4.78 is 19.2. The number of hydrogen-bond donors (Lipinski definition) is 3. The minimum absolute atomic E-state index is 0.108. The van der Waals surface area contributed by atoms with E-state index in [1.165, 1.54) is 20.8 Å². The third-order valence-electron chi connectivity index (χ3n) is 13.5. The molecule has 1 aromatic heterocycles. The molecular weight excluding hydrogens is 919 g/mol. The quantitative estimate of drug-likeness (QED) is 0.0751. The summed E-state index contributed by atoms with van der Waals surface area (Å²) in [6.07, 6.45) is -5.01. The van der Waals surface area contributed by atoms with E-state index in [2.05, 4.69) is 0 Å². The molecule has 6 unspecified atom stereocenters. The van der Waals surface area contributed by atoms with Crippen LogP contribution in [0.3, 0.4) is 0 Å². The Morgan fingerprint density at radius 1 is 0.389 bits per heavy atom. The van der Waals surface area contributed by atoms with Crippen LogP contribution in [-0.4, -0.2) is 46.9 Å². The van der Waals surface area contributed by atoms with Gasteiger partial charge in [0.05, 0.1) is 17.8 Å². The van der Waals surface area contributed by atoms with E-state index < -0.39 is 87.7 Å². The predicted molar refractivity (Wildman–Crippen MR) is 280 cm³/mol. The topological polar surface area (TPSA) is 206 Å². The molecule has 0 aliphatic rings. The molecule has 0 saturated heterocycles. The van der Waals surface area contributed by atoms with E-state index in [-0.39, 0.29) is 35.0 Å². The highest BCUT2D eigenvalue weighted by molar-refractivity contribution is 5.79. The lowest BCUT2D eigenvalue weighted by Crippen LogP contribution is -2.57. The smallest absolute Gasteiger partial charge is 0.342 e. The second-order valence-electron chi connectivity index (χ2n) is 23.5. The molecule has 15 heteroatoms. The van der Waals surface area contributed by atoms with E-state index >= 15 is 0 Å². The summed E-state index contributed by atoms with van der Waals surface area (Å²) in [5, 5.41) is 33.6. The molecule has 0 saturated carbocycles. The first-order valence-corrected chi connectivity index (χ1v) is 25.1. The molecule has 4 aromatic rings. The number of aromatic nitrogens is 3. The average Bonchev–Trinajstić information content (AvgIpc) is 3.24. The van der Waals surface area contributed by atoms with Gasteiger partial charge in [0, 0.05) is 0 Å². The van der Waals surface area contributed by atoms with Crippen LogP contribution in [-0.2, 0) is 44.8 Å². The SMILES string of the molecule is CC(C)c1cc(C(C)C(=O)OC(C)n2c(=O)n(C(C)OC(=O)C(C)c3cc(C(C)C)c(O)c(C(C)(C)C)c3)c(=O)n(C(C)OC(=O)C(C)c3cc(C(C)C)c(O)c(C(C)(C)C)c3)c2=O)cc(C(C)(C)C)c1O. The van der Waals surface area contributed by atoms with Crippen molar-refractivity contribution in [3.8, 4) is 17.2 Å². The number of phenolic OH excluding ortho intramolecular Hbond substituents is 3. The zero-order chi connectivity index (χ0) is 55.2. The maximum Gasteiger partial charge on any atom is 0.342 e. The minimum Gasteiger partial charge on any atom is -0.507 e. The molecule has 0 fully saturated rings. The van der Waals surface area contributed by atoms with Crippen molar-refractivity contribution in [2.24, 2.45) is 0 Å². The lowest BCUT2D eigenvalue weighted by molar-refractivity contribution is -0.156. The molecule has 4 rings (SSSR count). The van der Waals surface area contributed by atoms with E-state index in [1.807, 2.05) is 104 Å².